The van der Waals surface area contributed by atoms with Gasteiger partial charge in [-0.25, -0.2) is 0 Å². The Kier molecular flexibility index (Phi) is 15.4. The maximum absolute atomic E-state index is 13.4. The van der Waals surface area contributed by atoms with Crippen LogP contribution in [0.25, 0.3) is 0 Å². The van der Waals surface area contributed by atoms with E-state index in [-0.39, 0.29) is 57.1 Å². The van der Waals surface area contributed by atoms with Crippen molar-refractivity contribution >= 4 is 17.9 Å². The van der Waals surface area contributed by atoms with Crippen LogP contribution in [0.4, 0.5) is 26.3 Å². The van der Waals surface area contributed by atoms with E-state index in [4.69, 9.17) is 14.2 Å². The molecule has 0 radical (unpaired) electrons. The summed E-state index contributed by atoms with van der Waals surface area (Å²) in [5, 5.41) is 0. The van der Waals surface area contributed by atoms with Crippen molar-refractivity contribution in [1.82, 2.24) is 0 Å². The monoisotopic (exact) mass is 612 g/mol. The third kappa shape index (κ3) is 10.5. The van der Waals surface area contributed by atoms with Gasteiger partial charge in [0.05, 0.1) is 30.9 Å². The van der Waals surface area contributed by atoms with Gasteiger partial charge in [0.25, 0.3) is 5.41 Å². The summed E-state index contributed by atoms with van der Waals surface area (Å²) in [4.78, 5) is 40.1. The van der Waals surface area contributed by atoms with Gasteiger partial charge in [-0.1, -0.05) is 45.4 Å². The number of aryl methyl sites for hydroxylation is 1. The van der Waals surface area contributed by atoms with E-state index in [9.17, 15) is 40.7 Å². The van der Waals surface area contributed by atoms with Crippen LogP contribution >= 0.6 is 0 Å². The molecule has 0 amide bonds. The molecule has 0 spiro atoms. The van der Waals surface area contributed by atoms with Gasteiger partial charge in [-0.3, -0.25) is 14.4 Å². The highest BCUT2D eigenvalue weighted by molar-refractivity contribution is 6.18. The predicted molar refractivity (Wildman–Crippen MR) is 143 cm³/mol. The van der Waals surface area contributed by atoms with Gasteiger partial charge in [-0.15, -0.1) is 0 Å². The standard InChI is InChI=1S/C30H42F6O6/c1-5-9-10-11-12-13-16-22(28(25(37)40-6-2,26(38)41-7-3)27(39)42-8-4)17-14-15-21-18-23(29(31,32)33)20-24(19-21)30(34,35)36/h18-20,22H,5-17H2,1-4H3. The van der Waals surface area contributed by atoms with E-state index in [0.29, 0.717) is 18.6 Å². The molecule has 1 aromatic carbocycles. The van der Waals surface area contributed by atoms with Crippen molar-refractivity contribution in [3.63, 3.8) is 0 Å². The van der Waals surface area contributed by atoms with Crippen LogP contribution in [0.2, 0.25) is 0 Å². The second kappa shape index (κ2) is 17.4. The third-order valence-corrected chi connectivity index (χ3v) is 6.98. The summed E-state index contributed by atoms with van der Waals surface area (Å²) in [7, 11) is 0. The fourth-order valence-electron chi connectivity index (χ4n) is 4.95. The molecule has 42 heavy (non-hydrogen) atoms. The highest BCUT2D eigenvalue weighted by atomic mass is 19.4. The average Bonchev–Trinajstić information content (AvgIpc) is 2.90. The van der Waals surface area contributed by atoms with Crippen LogP contribution in [0.1, 0.15) is 102 Å². The number of rotatable bonds is 18. The van der Waals surface area contributed by atoms with E-state index in [1.54, 1.807) is 0 Å². The van der Waals surface area contributed by atoms with Gasteiger partial charge in [0.2, 0.25) is 0 Å². The summed E-state index contributed by atoms with van der Waals surface area (Å²) in [5.41, 5.74) is -5.58. The number of halogens is 6. The molecule has 0 N–H and O–H groups in total. The Morgan fingerprint density at radius 2 is 1.02 bits per heavy atom. The Bertz CT molecular complexity index is 927. The van der Waals surface area contributed by atoms with Crippen LogP contribution < -0.4 is 0 Å². The number of carbonyl (C=O) groups is 3. The fourth-order valence-corrected chi connectivity index (χ4v) is 4.95. The normalized spacial score (nSPS) is 13.0. The molecule has 0 saturated heterocycles. The number of hydrogen-bond acceptors (Lipinski definition) is 6. The van der Waals surface area contributed by atoms with Gasteiger partial charge in [-0.2, -0.15) is 26.3 Å². The molecule has 1 rings (SSSR count). The summed E-state index contributed by atoms with van der Waals surface area (Å²) in [6, 6.07) is 1.35. The summed E-state index contributed by atoms with van der Waals surface area (Å²) < 4.78 is 95.6. The van der Waals surface area contributed by atoms with E-state index < -0.39 is 52.7 Å². The first-order valence-corrected chi connectivity index (χ1v) is 14.5. The lowest BCUT2D eigenvalue weighted by molar-refractivity contribution is -0.189. The van der Waals surface area contributed by atoms with E-state index in [2.05, 4.69) is 6.92 Å². The molecule has 0 aliphatic rings. The van der Waals surface area contributed by atoms with Crippen LogP contribution in [-0.2, 0) is 47.4 Å². The molecule has 0 saturated carbocycles. The Hall–Kier alpha value is -2.79. The fraction of sp³-hybridized carbons (Fsp3) is 0.700. The molecule has 12 heteroatoms. The van der Waals surface area contributed by atoms with Crippen molar-refractivity contribution in [3.8, 4) is 0 Å². The average molecular weight is 613 g/mol. The highest BCUT2D eigenvalue weighted by Crippen LogP contribution is 2.41. The number of carbonyl (C=O) groups excluding carboxylic acids is 3. The van der Waals surface area contributed by atoms with Crippen LogP contribution in [0.5, 0.6) is 0 Å². The number of esters is 3. The zero-order valence-electron chi connectivity index (χ0n) is 24.7. The third-order valence-electron chi connectivity index (χ3n) is 6.98. The maximum Gasteiger partial charge on any atom is 0.416 e. The minimum Gasteiger partial charge on any atom is -0.465 e. The number of unbranched alkanes of at least 4 members (excludes halogenated alkanes) is 5. The summed E-state index contributed by atoms with van der Waals surface area (Å²) >= 11 is 0. The number of hydrogen-bond donors (Lipinski definition) is 0. The van der Waals surface area contributed by atoms with E-state index in [0.717, 1.165) is 32.1 Å². The van der Waals surface area contributed by atoms with E-state index in [1.165, 1.54) is 20.8 Å². The minimum atomic E-state index is -5.00. The summed E-state index contributed by atoms with van der Waals surface area (Å²) in [5.74, 6) is -4.50. The summed E-state index contributed by atoms with van der Waals surface area (Å²) in [6.07, 6.45) is -5.02. The Balaban J connectivity index is 3.48. The largest absolute Gasteiger partial charge is 0.465 e. The zero-order valence-corrected chi connectivity index (χ0v) is 24.7. The highest BCUT2D eigenvalue weighted by Gasteiger charge is 2.62. The quantitative estimate of drug-likeness (QED) is 0.0548. The lowest BCUT2D eigenvalue weighted by Crippen LogP contribution is -2.54. The molecule has 240 valence electrons. The van der Waals surface area contributed by atoms with E-state index >= 15 is 0 Å². The van der Waals surface area contributed by atoms with Crippen LogP contribution in [0.15, 0.2) is 18.2 Å². The van der Waals surface area contributed by atoms with Gasteiger partial charge in [0.1, 0.15) is 0 Å². The molecular weight excluding hydrogens is 570 g/mol. The first kappa shape index (κ1) is 37.2. The first-order valence-electron chi connectivity index (χ1n) is 14.5. The van der Waals surface area contributed by atoms with Gasteiger partial charge in [0, 0.05) is 0 Å². The Morgan fingerprint density at radius 1 is 0.619 bits per heavy atom. The van der Waals surface area contributed by atoms with Gasteiger partial charge in [-0.05, 0) is 76.1 Å². The number of benzene rings is 1. The van der Waals surface area contributed by atoms with Crippen LogP contribution in [-0.4, -0.2) is 37.7 Å². The first-order chi connectivity index (χ1) is 19.7. The lowest BCUT2D eigenvalue weighted by Gasteiger charge is -2.34. The SMILES string of the molecule is CCCCCCCCC(CCCc1cc(C(F)(F)F)cc(C(F)(F)F)c1)C(C(=O)OCC)(C(=O)OCC)C(=O)OCC. The topological polar surface area (TPSA) is 78.9 Å². The summed E-state index contributed by atoms with van der Waals surface area (Å²) in [6.45, 7) is 6.06. The number of alkyl halides is 6. The molecule has 0 bridgehead atoms. The van der Waals surface area contributed by atoms with E-state index in [1.807, 2.05) is 0 Å². The molecule has 0 heterocycles. The van der Waals surface area contributed by atoms with Crippen LogP contribution in [0.3, 0.4) is 0 Å². The van der Waals surface area contributed by atoms with Gasteiger partial charge in [0.15, 0.2) is 0 Å². The van der Waals surface area contributed by atoms with Gasteiger partial charge < -0.3 is 14.2 Å². The second-order valence-corrected chi connectivity index (χ2v) is 10.0. The Labute approximate surface area is 243 Å². The molecule has 0 aromatic heterocycles. The molecule has 0 aliphatic carbocycles. The van der Waals surface area contributed by atoms with Crippen molar-refractivity contribution in [2.45, 2.75) is 104 Å². The van der Waals surface area contributed by atoms with Crippen molar-refractivity contribution in [2.75, 3.05) is 19.8 Å². The van der Waals surface area contributed by atoms with Crippen molar-refractivity contribution in [3.05, 3.63) is 34.9 Å². The molecule has 6 nitrogen and oxygen atoms in total. The van der Waals surface area contributed by atoms with Crippen molar-refractivity contribution in [2.24, 2.45) is 11.3 Å². The molecular formula is C30H42F6O6. The molecule has 0 aliphatic heterocycles. The minimum absolute atomic E-state index is 0.0287. The lowest BCUT2D eigenvalue weighted by atomic mass is 9.70. The smallest absolute Gasteiger partial charge is 0.416 e. The molecule has 1 aromatic rings. The maximum atomic E-state index is 13.4. The number of ether oxygens (including phenoxy) is 3. The molecule has 1 atom stereocenters. The van der Waals surface area contributed by atoms with Crippen LogP contribution in [0, 0.1) is 11.3 Å². The van der Waals surface area contributed by atoms with Crippen molar-refractivity contribution in [1.29, 1.82) is 0 Å². The molecule has 0 fully saturated rings. The molecule has 1 unspecified atom stereocenters. The predicted octanol–water partition coefficient (Wildman–Crippen LogP) is 8.09. The Morgan fingerprint density at radius 3 is 1.43 bits per heavy atom. The zero-order chi connectivity index (χ0) is 32.0. The second-order valence-electron chi connectivity index (χ2n) is 10.0. The van der Waals surface area contributed by atoms with Gasteiger partial charge >= 0.3 is 30.3 Å². The van der Waals surface area contributed by atoms with Crippen molar-refractivity contribution < 1.29 is 54.9 Å².